The van der Waals surface area contributed by atoms with Crippen LogP contribution in [0.25, 0.3) is 0 Å². The van der Waals surface area contributed by atoms with Crippen molar-refractivity contribution < 1.29 is 0 Å². The molecule has 1 aliphatic heterocycles. The summed E-state index contributed by atoms with van der Waals surface area (Å²) >= 11 is 0. The lowest BCUT2D eigenvalue weighted by molar-refractivity contribution is 0.139. The second-order valence-electron chi connectivity index (χ2n) is 5.81. The standard InChI is InChI=1S/C14H28N2/c1-2-12-4-3-5-14(7-6-12)16-10-8-13(15)9-11-16/h12-14H,2-11,15H2,1H3. The van der Waals surface area contributed by atoms with Crippen molar-refractivity contribution in [3.8, 4) is 0 Å². The molecule has 2 unspecified atom stereocenters. The van der Waals surface area contributed by atoms with Crippen molar-refractivity contribution >= 4 is 0 Å². The molecule has 2 fully saturated rings. The van der Waals surface area contributed by atoms with Gasteiger partial charge in [0, 0.05) is 12.1 Å². The largest absolute Gasteiger partial charge is 0.328 e. The van der Waals surface area contributed by atoms with Crippen LogP contribution in [0.1, 0.15) is 58.3 Å². The lowest BCUT2D eigenvalue weighted by Gasteiger charge is -2.36. The van der Waals surface area contributed by atoms with E-state index in [0.29, 0.717) is 6.04 Å². The third kappa shape index (κ3) is 3.21. The van der Waals surface area contributed by atoms with Crippen LogP contribution in [0.4, 0.5) is 0 Å². The Labute approximate surface area is 101 Å². The molecule has 0 bridgehead atoms. The average molecular weight is 224 g/mol. The fourth-order valence-electron chi connectivity index (χ4n) is 3.42. The first-order valence-electron chi connectivity index (χ1n) is 7.29. The van der Waals surface area contributed by atoms with E-state index in [1.807, 2.05) is 0 Å². The fraction of sp³-hybridized carbons (Fsp3) is 1.00. The Kier molecular flexibility index (Phi) is 4.66. The highest BCUT2D eigenvalue weighted by atomic mass is 15.2. The van der Waals surface area contributed by atoms with E-state index in [-0.39, 0.29) is 0 Å². The van der Waals surface area contributed by atoms with E-state index in [1.54, 1.807) is 0 Å². The zero-order valence-corrected chi connectivity index (χ0v) is 10.8. The molecule has 2 aliphatic rings. The highest BCUT2D eigenvalue weighted by Crippen LogP contribution is 2.29. The van der Waals surface area contributed by atoms with Crippen LogP contribution < -0.4 is 5.73 Å². The van der Waals surface area contributed by atoms with Crippen LogP contribution in [0.2, 0.25) is 0 Å². The molecule has 0 spiro atoms. The van der Waals surface area contributed by atoms with Crippen molar-refractivity contribution in [2.24, 2.45) is 11.7 Å². The Bertz CT molecular complexity index is 197. The van der Waals surface area contributed by atoms with E-state index in [9.17, 15) is 0 Å². The Morgan fingerprint density at radius 3 is 2.44 bits per heavy atom. The van der Waals surface area contributed by atoms with Gasteiger partial charge in [0.05, 0.1) is 0 Å². The van der Waals surface area contributed by atoms with Gasteiger partial charge in [-0.2, -0.15) is 0 Å². The molecule has 1 saturated carbocycles. The molecule has 94 valence electrons. The monoisotopic (exact) mass is 224 g/mol. The maximum absolute atomic E-state index is 5.97. The highest BCUT2D eigenvalue weighted by molar-refractivity contribution is 4.82. The molecular weight excluding hydrogens is 196 g/mol. The number of hydrogen-bond donors (Lipinski definition) is 1. The van der Waals surface area contributed by atoms with Crippen LogP contribution in [-0.2, 0) is 0 Å². The van der Waals surface area contributed by atoms with Gasteiger partial charge in [-0.1, -0.05) is 26.2 Å². The number of rotatable bonds is 2. The van der Waals surface area contributed by atoms with Crippen LogP contribution in [-0.4, -0.2) is 30.1 Å². The molecule has 1 saturated heterocycles. The summed E-state index contributed by atoms with van der Waals surface area (Å²) in [5.74, 6) is 1.01. The van der Waals surface area contributed by atoms with Gasteiger partial charge < -0.3 is 10.6 Å². The molecule has 0 aromatic heterocycles. The Morgan fingerprint density at radius 2 is 1.75 bits per heavy atom. The summed E-state index contributed by atoms with van der Waals surface area (Å²) in [6.07, 6.45) is 11.1. The predicted molar refractivity (Wildman–Crippen MR) is 69.4 cm³/mol. The summed E-state index contributed by atoms with van der Waals surface area (Å²) in [5, 5.41) is 0. The average Bonchev–Trinajstić information content (AvgIpc) is 2.55. The summed E-state index contributed by atoms with van der Waals surface area (Å²) < 4.78 is 0. The molecule has 2 atom stereocenters. The van der Waals surface area contributed by atoms with Crippen molar-refractivity contribution in [3.63, 3.8) is 0 Å². The van der Waals surface area contributed by atoms with Crippen molar-refractivity contribution in [2.45, 2.75) is 70.4 Å². The quantitative estimate of drug-likeness (QED) is 0.731. The third-order valence-electron chi connectivity index (χ3n) is 4.73. The maximum atomic E-state index is 5.97. The minimum atomic E-state index is 0.477. The molecule has 0 aromatic carbocycles. The van der Waals surface area contributed by atoms with Crippen LogP contribution >= 0.6 is 0 Å². The van der Waals surface area contributed by atoms with Crippen molar-refractivity contribution in [2.75, 3.05) is 13.1 Å². The van der Waals surface area contributed by atoms with Gasteiger partial charge in [0.1, 0.15) is 0 Å². The zero-order valence-electron chi connectivity index (χ0n) is 10.8. The lowest BCUT2D eigenvalue weighted by Crippen LogP contribution is -2.44. The summed E-state index contributed by atoms with van der Waals surface area (Å²) in [6, 6.07) is 1.36. The van der Waals surface area contributed by atoms with Gasteiger partial charge in [-0.05, 0) is 51.1 Å². The Balaban J connectivity index is 1.80. The van der Waals surface area contributed by atoms with Crippen LogP contribution in [0, 0.1) is 5.92 Å². The number of likely N-dealkylation sites (tertiary alicyclic amines) is 1. The predicted octanol–water partition coefficient (Wildman–Crippen LogP) is 2.77. The highest BCUT2D eigenvalue weighted by Gasteiger charge is 2.25. The van der Waals surface area contributed by atoms with Gasteiger partial charge in [0.2, 0.25) is 0 Å². The summed E-state index contributed by atoms with van der Waals surface area (Å²) in [5.41, 5.74) is 5.97. The molecule has 2 heteroatoms. The van der Waals surface area contributed by atoms with Crippen molar-refractivity contribution in [1.29, 1.82) is 0 Å². The van der Waals surface area contributed by atoms with Gasteiger partial charge >= 0.3 is 0 Å². The first-order chi connectivity index (χ1) is 7.79. The van der Waals surface area contributed by atoms with E-state index in [4.69, 9.17) is 5.73 Å². The topological polar surface area (TPSA) is 29.3 Å². The lowest BCUT2D eigenvalue weighted by atomic mass is 9.97. The molecule has 2 N–H and O–H groups in total. The summed E-state index contributed by atoms with van der Waals surface area (Å²) in [4.78, 5) is 2.72. The normalized spacial score (nSPS) is 34.9. The smallest absolute Gasteiger partial charge is 0.00953 e. The Morgan fingerprint density at radius 1 is 1.00 bits per heavy atom. The summed E-state index contributed by atoms with van der Waals surface area (Å²) in [6.45, 7) is 4.86. The second-order valence-corrected chi connectivity index (χ2v) is 5.81. The molecule has 2 rings (SSSR count). The Hall–Kier alpha value is -0.0800. The molecule has 16 heavy (non-hydrogen) atoms. The molecule has 0 radical (unpaired) electrons. The van der Waals surface area contributed by atoms with E-state index in [1.165, 1.54) is 64.5 Å². The molecular formula is C14H28N2. The number of piperidine rings is 1. The van der Waals surface area contributed by atoms with E-state index < -0.39 is 0 Å². The second kappa shape index (κ2) is 6.02. The van der Waals surface area contributed by atoms with E-state index in [2.05, 4.69) is 11.8 Å². The van der Waals surface area contributed by atoms with Gasteiger partial charge in [0.15, 0.2) is 0 Å². The first kappa shape index (κ1) is 12.4. The number of nitrogens with zero attached hydrogens (tertiary/aromatic N) is 1. The van der Waals surface area contributed by atoms with Crippen LogP contribution in [0.5, 0.6) is 0 Å². The van der Waals surface area contributed by atoms with Crippen LogP contribution in [0.3, 0.4) is 0 Å². The SMILES string of the molecule is CCC1CCCC(N2CCC(N)CC2)CC1. The molecule has 1 heterocycles. The van der Waals surface area contributed by atoms with Crippen molar-refractivity contribution in [3.05, 3.63) is 0 Å². The molecule has 2 nitrogen and oxygen atoms in total. The maximum Gasteiger partial charge on any atom is 0.00953 e. The van der Waals surface area contributed by atoms with Crippen LogP contribution in [0.15, 0.2) is 0 Å². The molecule has 0 aromatic rings. The van der Waals surface area contributed by atoms with Gasteiger partial charge in [-0.3, -0.25) is 0 Å². The first-order valence-corrected chi connectivity index (χ1v) is 7.29. The number of hydrogen-bond acceptors (Lipinski definition) is 2. The van der Waals surface area contributed by atoms with Gasteiger partial charge in [-0.25, -0.2) is 0 Å². The minimum Gasteiger partial charge on any atom is -0.328 e. The van der Waals surface area contributed by atoms with Crippen molar-refractivity contribution in [1.82, 2.24) is 4.90 Å². The fourth-order valence-corrected chi connectivity index (χ4v) is 3.42. The minimum absolute atomic E-state index is 0.477. The van der Waals surface area contributed by atoms with E-state index in [0.717, 1.165) is 12.0 Å². The van der Waals surface area contributed by atoms with Gasteiger partial charge in [0.25, 0.3) is 0 Å². The third-order valence-corrected chi connectivity index (χ3v) is 4.73. The molecule has 0 amide bonds. The summed E-state index contributed by atoms with van der Waals surface area (Å²) in [7, 11) is 0. The molecule has 1 aliphatic carbocycles. The zero-order chi connectivity index (χ0) is 11.4. The number of nitrogens with two attached hydrogens (primary N) is 1. The van der Waals surface area contributed by atoms with Gasteiger partial charge in [-0.15, -0.1) is 0 Å². The van der Waals surface area contributed by atoms with E-state index >= 15 is 0 Å².